The Morgan fingerprint density at radius 3 is 2.65 bits per heavy atom. The van der Waals surface area contributed by atoms with Crippen LogP contribution < -0.4 is 4.74 Å². The summed E-state index contributed by atoms with van der Waals surface area (Å²) in [6, 6.07) is 6.91. The summed E-state index contributed by atoms with van der Waals surface area (Å²) >= 11 is 0. The molecule has 1 spiro atoms. The Kier molecular flexibility index (Phi) is 4.99. The summed E-state index contributed by atoms with van der Waals surface area (Å²) in [7, 11) is 1.58. The average Bonchev–Trinajstić information content (AvgIpc) is 2.99. The lowest BCUT2D eigenvalue weighted by molar-refractivity contribution is -0.195. The molecule has 1 unspecified atom stereocenters. The molecule has 0 radical (unpaired) electrons. The Labute approximate surface area is 136 Å². The van der Waals surface area contributed by atoms with E-state index in [9.17, 15) is 9.90 Å². The van der Waals surface area contributed by atoms with Crippen molar-refractivity contribution in [2.45, 2.75) is 56.5 Å². The number of benzene rings is 1. The van der Waals surface area contributed by atoms with E-state index in [1.165, 1.54) is 6.42 Å². The van der Waals surface area contributed by atoms with E-state index in [4.69, 9.17) is 14.2 Å². The second-order valence-corrected chi connectivity index (χ2v) is 6.36. The molecule has 0 amide bonds. The van der Waals surface area contributed by atoms with Crippen molar-refractivity contribution in [3.8, 4) is 5.75 Å². The van der Waals surface area contributed by atoms with Crippen LogP contribution in [0.15, 0.2) is 24.3 Å². The summed E-state index contributed by atoms with van der Waals surface area (Å²) in [6.07, 6.45) is 3.92. The number of aliphatic hydroxyl groups is 1. The van der Waals surface area contributed by atoms with Crippen LogP contribution in [0.4, 0.5) is 0 Å². The fourth-order valence-corrected chi connectivity index (χ4v) is 3.34. The van der Waals surface area contributed by atoms with Crippen molar-refractivity contribution in [1.82, 2.24) is 0 Å². The fraction of sp³-hybridized carbons (Fsp3) is 0.611. The van der Waals surface area contributed by atoms with Gasteiger partial charge < -0.3 is 19.3 Å². The first-order valence-electron chi connectivity index (χ1n) is 8.29. The Balaban J connectivity index is 1.56. The summed E-state index contributed by atoms with van der Waals surface area (Å²) in [5.74, 6) is 0.0785. The van der Waals surface area contributed by atoms with Gasteiger partial charge in [0.1, 0.15) is 11.9 Å². The first-order valence-corrected chi connectivity index (χ1v) is 8.29. The monoisotopic (exact) mass is 320 g/mol. The zero-order valence-corrected chi connectivity index (χ0v) is 13.5. The quantitative estimate of drug-likeness (QED) is 0.845. The Bertz CT molecular complexity index is 533. The van der Waals surface area contributed by atoms with Gasteiger partial charge in [-0.3, -0.25) is 4.79 Å². The fourth-order valence-electron chi connectivity index (χ4n) is 3.34. The highest BCUT2D eigenvalue weighted by molar-refractivity contribution is 5.96. The second-order valence-electron chi connectivity index (χ2n) is 6.36. The van der Waals surface area contributed by atoms with Crippen LogP contribution in [0.2, 0.25) is 0 Å². The van der Waals surface area contributed by atoms with E-state index in [1.807, 2.05) is 0 Å². The van der Waals surface area contributed by atoms with Gasteiger partial charge in [0, 0.05) is 24.8 Å². The van der Waals surface area contributed by atoms with Crippen LogP contribution in [-0.2, 0) is 9.47 Å². The molecule has 2 atom stereocenters. The molecule has 23 heavy (non-hydrogen) atoms. The lowest BCUT2D eigenvalue weighted by Crippen LogP contribution is -2.36. The molecule has 1 saturated heterocycles. The van der Waals surface area contributed by atoms with Crippen molar-refractivity contribution >= 4 is 5.78 Å². The summed E-state index contributed by atoms with van der Waals surface area (Å²) < 4.78 is 16.9. The van der Waals surface area contributed by atoms with Crippen molar-refractivity contribution in [1.29, 1.82) is 0 Å². The highest BCUT2D eigenvalue weighted by Crippen LogP contribution is 2.38. The zero-order chi connectivity index (χ0) is 16.3. The molecule has 1 aromatic carbocycles. The molecule has 3 rings (SSSR count). The van der Waals surface area contributed by atoms with E-state index in [1.54, 1.807) is 31.4 Å². The van der Waals surface area contributed by atoms with Gasteiger partial charge in [-0.2, -0.15) is 0 Å². The van der Waals surface area contributed by atoms with Crippen molar-refractivity contribution in [3.05, 3.63) is 29.8 Å². The molecule has 126 valence electrons. The number of Topliss-reactive ketones (excluding diaryl/α,β-unsaturated/α-hetero) is 1. The van der Waals surface area contributed by atoms with Crippen molar-refractivity contribution in [2.75, 3.05) is 13.7 Å². The van der Waals surface area contributed by atoms with Gasteiger partial charge in [-0.25, -0.2) is 0 Å². The molecular weight excluding hydrogens is 296 g/mol. The van der Waals surface area contributed by atoms with Crippen LogP contribution in [0, 0.1) is 0 Å². The smallest absolute Gasteiger partial charge is 0.169 e. The molecule has 1 heterocycles. The molecule has 1 aromatic rings. The number of rotatable bonds is 5. The molecule has 2 fully saturated rings. The number of carbonyl (C=O) groups excluding carboxylic acids is 1. The summed E-state index contributed by atoms with van der Waals surface area (Å²) in [6.45, 7) is 0.358. The van der Waals surface area contributed by atoms with Crippen LogP contribution in [0.3, 0.4) is 0 Å². The predicted molar refractivity (Wildman–Crippen MR) is 84.6 cm³/mol. The van der Waals surface area contributed by atoms with E-state index in [0.29, 0.717) is 17.9 Å². The highest BCUT2D eigenvalue weighted by Gasteiger charge is 2.44. The maximum atomic E-state index is 12.3. The zero-order valence-electron chi connectivity index (χ0n) is 13.5. The first-order chi connectivity index (χ1) is 11.1. The highest BCUT2D eigenvalue weighted by atomic mass is 16.7. The van der Waals surface area contributed by atoms with Gasteiger partial charge in [0.2, 0.25) is 0 Å². The molecule has 1 aliphatic carbocycles. The van der Waals surface area contributed by atoms with Crippen molar-refractivity contribution in [3.63, 3.8) is 0 Å². The molecule has 5 nitrogen and oxygen atoms in total. The van der Waals surface area contributed by atoms with Gasteiger partial charge >= 0.3 is 0 Å². The van der Waals surface area contributed by atoms with E-state index < -0.39 is 18.0 Å². The molecule has 0 bridgehead atoms. The van der Waals surface area contributed by atoms with Crippen LogP contribution in [-0.4, -0.2) is 42.6 Å². The number of hydrogen-bond acceptors (Lipinski definition) is 5. The summed E-state index contributed by atoms with van der Waals surface area (Å²) in [4.78, 5) is 12.3. The van der Waals surface area contributed by atoms with Crippen LogP contribution >= 0.6 is 0 Å². The molecule has 5 heteroatoms. The minimum atomic E-state index is -0.842. The standard InChI is InChI=1S/C18H24O5/c1-21-14-7-5-13(6-8-14)15(19)11-16(20)17-12-22-18(23-17)9-3-2-4-10-18/h5-8,16-17,20H,2-4,9-12H2,1H3/t16?,17-/m1/s1. The number of carbonyl (C=O) groups is 1. The van der Waals surface area contributed by atoms with E-state index in [-0.39, 0.29) is 12.2 Å². The Morgan fingerprint density at radius 1 is 1.30 bits per heavy atom. The normalized spacial score (nSPS) is 24.5. The second kappa shape index (κ2) is 6.99. The van der Waals surface area contributed by atoms with Crippen molar-refractivity contribution < 1.29 is 24.1 Å². The van der Waals surface area contributed by atoms with Gasteiger partial charge in [0.05, 0.1) is 19.8 Å². The van der Waals surface area contributed by atoms with Gasteiger partial charge in [-0.15, -0.1) is 0 Å². The minimum Gasteiger partial charge on any atom is -0.497 e. The molecule has 2 aliphatic rings. The minimum absolute atomic E-state index is 0.0381. The Morgan fingerprint density at radius 2 is 2.00 bits per heavy atom. The average molecular weight is 320 g/mol. The molecule has 1 N–H and O–H groups in total. The van der Waals surface area contributed by atoms with E-state index in [0.717, 1.165) is 25.7 Å². The first kappa shape index (κ1) is 16.4. The number of methoxy groups -OCH3 is 1. The number of ether oxygens (including phenoxy) is 3. The van der Waals surface area contributed by atoms with Gasteiger partial charge in [-0.1, -0.05) is 6.42 Å². The number of ketones is 1. The summed E-state index contributed by atoms with van der Waals surface area (Å²) in [5, 5.41) is 10.3. The SMILES string of the molecule is COc1ccc(C(=O)CC(O)[C@H]2COC3(CCCCC3)O2)cc1. The molecule has 1 saturated carbocycles. The lowest BCUT2D eigenvalue weighted by atomic mass is 9.94. The van der Waals surface area contributed by atoms with Gasteiger partial charge in [-0.05, 0) is 37.1 Å². The maximum absolute atomic E-state index is 12.3. The molecule has 0 aromatic heterocycles. The van der Waals surface area contributed by atoms with E-state index in [2.05, 4.69) is 0 Å². The van der Waals surface area contributed by atoms with Crippen LogP contribution in [0.5, 0.6) is 5.75 Å². The maximum Gasteiger partial charge on any atom is 0.169 e. The van der Waals surface area contributed by atoms with Crippen molar-refractivity contribution in [2.24, 2.45) is 0 Å². The topological polar surface area (TPSA) is 65.0 Å². The van der Waals surface area contributed by atoms with Gasteiger partial charge in [0.25, 0.3) is 0 Å². The summed E-state index contributed by atoms with van der Waals surface area (Å²) in [5.41, 5.74) is 0.566. The third kappa shape index (κ3) is 3.74. The van der Waals surface area contributed by atoms with Crippen LogP contribution in [0.1, 0.15) is 48.9 Å². The number of aliphatic hydroxyl groups excluding tert-OH is 1. The van der Waals surface area contributed by atoms with Gasteiger partial charge in [0.15, 0.2) is 11.6 Å². The lowest BCUT2D eigenvalue weighted by Gasteiger charge is -2.32. The Hall–Kier alpha value is -1.43. The molecular formula is C18H24O5. The largest absolute Gasteiger partial charge is 0.497 e. The third-order valence-electron chi connectivity index (χ3n) is 4.73. The molecule has 1 aliphatic heterocycles. The van der Waals surface area contributed by atoms with E-state index >= 15 is 0 Å². The predicted octanol–water partition coefficient (Wildman–Crippen LogP) is 2.70. The third-order valence-corrected chi connectivity index (χ3v) is 4.73. The number of hydrogen-bond donors (Lipinski definition) is 1. The van der Waals surface area contributed by atoms with Crippen LogP contribution in [0.25, 0.3) is 0 Å².